The number of ether oxygens (including phenoxy) is 1. The van der Waals surface area contributed by atoms with Gasteiger partial charge in [0.2, 0.25) is 0 Å². The van der Waals surface area contributed by atoms with Crippen molar-refractivity contribution < 1.29 is 51.7 Å². The van der Waals surface area contributed by atoms with E-state index in [2.05, 4.69) is 8.62 Å². The zero-order chi connectivity index (χ0) is 16.5. The van der Waals surface area contributed by atoms with Crippen molar-refractivity contribution in [2.75, 3.05) is 5.75 Å². The Morgan fingerprint density at radius 1 is 1.24 bits per heavy atom. The number of hydrogen-bond acceptors (Lipinski definition) is 12. The Hall–Kier alpha value is 0.720. The maximum absolute atomic E-state index is 11.4. The SMILES string of the molecule is C[C@H]1CC(O)[C@@H](CSP(=O)([O-])OP(=O)([O-])OP(=O)([O-])[O-])O1. The van der Waals surface area contributed by atoms with Gasteiger partial charge in [-0.3, -0.25) is 17.8 Å². The molecule has 15 heteroatoms. The average molecular weight is 384 g/mol. The van der Waals surface area contributed by atoms with Crippen LogP contribution in [0.1, 0.15) is 13.3 Å². The second kappa shape index (κ2) is 7.09. The van der Waals surface area contributed by atoms with E-state index < -0.39 is 34.7 Å². The van der Waals surface area contributed by atoms with Crippen molar-refractivity contribution in [2.24, 2.45) is 0 Å². The Balaban J connectivity index is 2.56. The Bertz CT molecular complexity index is 504. The molecule has 3 unspecified atom stereocenters. The highest BCUT2D eigenvalue weighted by Crippen LogP contribution is 2.65. The van der Waals surface area contributed by atoms with Crippen LogP contribution in [0.15, 0.2) is 0 Å². The monoisotopic (exact) mass is 384 g/mol. The molecule has 0 aromatic carbocycles. The summed E-state index contributed by atoms with van der Waals surface area (Å²) in [6, 6.07) is 0. The van der Waals surface area contributed by atoms with Gasteiger partial charge in [0.05, 0.1) is 26.1 Å². The van der Waals surface area contributed by atoms with Crippen LogP contribution in [0.3, 0.4) is 0 Å². The summed E-state index contributed by atoms with van der Waals surface area (Å²) in [6.45, 7) is -3.47. The third-order valence-electron chi connectivity index (χ3n) is 2.21. The highest BCUT2D eigenvalue weighted by atomic mass is 32.7. The number of aliphatic hydroxyl groups excluding tert-OH is 1. The summed E-state index contributed by atoms with van der Waals surface area (Å²) in [5.74, 6) is -0.349. The zero-order valence-corrected chi connectivity index (χ0v) is 13.9. The van der Waals surface area contributed by atoms with Gasteiger partial charge in [-0.2, -0.15) is 0 Å². The summed E-state index contributed by atoms with van der Waals surface area (Å²) in [5, 5.41) is 9.51. The Morgan fingerprint density at radius 3 is 2.24 bits per heavy atom. The van der Waals surface area contributed by atoms with Crippen LogP contribution < -0.4 is 19.6 Å². The van der Waals surface area contributed by atoms with Crippen molar-refractivity contribution >= 4 is 33.8 Å². The maximum atomic E-state index is 11.4. The number of phosphoric acid groups is 2. The number of aliphatic hydroxyl groups is 1. The minimum Gasteiger partial charge on any atom is -0.790 e. The fraction of sp³-hybridized carbons (Fsp3) is 1.00. The van der Waals surface area contributed by atoms with Crippen molar-refractivity contribution in [3.8, 4) is 0 Å². The van der Waals surface area contributed by atoms with E-state index in [0.717, 1.165) is 0 Å². The lowest BCUT2D eigenvalue weighted by molar-refractivity contribution is -0.339. The standard InChI is InChI=1S/C6H15O11P3S/c1-4-2-5(7)6(15-4)3-21-20(13,14)17-19(11,12)16-18(8,9)10/h4-7H,2-3H2,1H3,(H,11,12)(H,13,14)(H2,8,9,10)/p-4/t4-,5?,6+/m0/s1. The van der Waals surface area contributed by atoms with Crippen LogP contribution >= 0.6 is 33.8 Å². The summed E-state index contributed by atoms with van der Waals surface area (Å²) in [7, 11) is -11.8. The maximum Gasteiger partial charge on any atom is 0.277 e. The summed E-state index contributed by atoms with van der Waals surface area (Å²) >= 11 is -0.0186. The molecule has 1 fully saturated rings. The largest absolute Gasteiger partial charge is 0.790 e. The molecule has 1 N–H and O–H groups in total. The van der Waals surface area contributed by atoms with Crippen LogP contribution in [-0.4, -0.2) is 29.2 Å². The molecule has 0 bridgehead atoms. The molecule has 21 heavy (non-hydrogen) atoms. The van der Waals surface area contributed by atoms with E-state index in [4.69, 9.17) is 4.74 Å². The van der Waals surface area contributed by atoms with Gasteiger partial charge in [0, 0.05) is 12.2 Å². The molecule has 5 atom stereocenters. The Morgan fingerprint density at radius 2 is 1.81 bits per heavy atom. The van der Waals surface area contributed by atoms with Crippen molar-refractivity contribution in [1.29, 1.82) is 0 Å². The van der Waals surface area contributed by atoms with E-state index in [9.17, 15) is 38.4 Å². The summed E-state index contributed by atoms with van der Waals surface area (Å²) in [5.41, 5.74) is 0. The van der Waals surface area contributed by atoms with Gasteiger partial charge in [-0.25, -0.2) is 0 Å². The molecule has 0 aliphatic carbocycles. The van der Waals surface area contributed by atoms with Crippen LogP contribution in [0.25, 0.3) is 0 Å². The van der Waals surface area contributed by atoms with E-state index >= 15 is 0 Å². The molecule has 0 saturated carbocycles. The van der Waals surface area contributed by atoms with Gasteiger partial charge in [0.25, 0.3) is 7.82 Å². The molecule has 1 aliphatic rings. The second-order valence-corrected chi connectivity index (χ2v) is 10.8. The quantitative estimate of drug-likeness (QED) is 0.478. The van der Waals surface area contributed by atoms with Crippen LogP contribution in [0.5, 0.6) is 0 Å². The first-order valence-electron chi connectivity index (χ1n) is 5.34. The molecule has 11 nitrogen and oxygen atoms in total. The minimum absolute atomic E-state index is 0.0186. The Kier molecular flexibility index (Phi) is 6.67. The van der Waals surface area contributed by atoms with Crippen LogP contribution in [0, 0.1) is 0 Å². The molecule has 1 aliphatic heterocycles. The topological polar surface area (TPSA) is 191 Å². The normalized spacial score (nSPS) is 32.6. The fourth-order valence-corrected chi connectivity index (χ4v) is 6.85. The van der Waals surface area contributed by atoms with Crippen molar-refractivity contribution in [3.63, 3.8) is 0 Å². The van der Waals surface area contributed by atoms with E-state index in [1.165, 1.54) is 0 Å². The molecule has 126 valence electrons. The van der Waals surface area contributed by atoms with E-state index in [-0.39, 0.29) is 29.7 Å². The molecular formula is C6H11O11P3S-4. The number of hydrogen-bond donors (Lipinski definition) is 1. The summed E-state index contributed by atoms with van der Waals surface area (Å²) in [6.07, 6.45) is -1.79. The third kappa shape index (κ3) is 7.69. The predicted octanol–water partition coefficient (Wildman–Crippen LogP) is -1.94. The highest BCUT2D eigenvalue weighted by Gasteiger charge is 2.33. The lowest BCUT2D eigenvalue weighted by atomic mass is 10.2. The van der Waals surface area contributed by atoms with Gasteiger partial charge in [0.15, 0.2) is 6.80 Å². The Labute approximate surface area is 123 Å². The van der Waals surface area contributed by atoms with Crippen LogP contribution in [0.4, 0.5) is 0 Å². The average Bonchev–Trinajstić information content (AvgIpc) is 2.48. The molecule has 0 spiro atoms. The van der Waals surface area contributed by atoms with Crippen LogP contribution in [-0.2, 0) is 27.1 Å². The first kappa shape index (κ1) is 19.8. The summed E-state index contributed by atoms with van der Waals surface area (Å²) < 4.78 is 44.2. The lowest BCUT2D eigenvalue weighted by Crippen LogP contribution is -2.24. The van der Waals surface area contributed by atoms with Gasteiger partial charge >= 0.3 is 0 Å². The first-order valence-corrected chi connectivity index (χ1v) is 11.4. The lowest BCUT2D eigenvalue weighted by Gasteiger charge is -2.37. The third-order valence-corrected chi connectivity index (χ3v) is 8.20. The van der Waals surface area contributed by atoms with Gasteiger partial charge in [-0.1, -0.05) is 11.4 Å². The molecule has 0 radical (unpaired) electrons. The van der Waals surface area contributed by atoms with E-state index in [1.54, 1.807) is 6.92 Å². The fourth-order valence-electron chi connectivity index (χ4n) is 1.54. The molecule has 1 rings (SSSR count). The highest BCUT2D eigenvalue weighted by molar-refractivity contribution is 8.54. The molecule has 1 saturated heterocycles. The van der Waals surface area contributed by atoms with E-state index in [0.29, 0.717) is 0 Å². The van der Waals surface area contributed by atoms with Crippen molar-refractivity contribution in [1.82, 2.24) is 0 Å². The molecule has 1 heterocycles. The van der Waals surface area contributed by atoms with Gasteiger partial charge < -0.3 is 34.0 Å². The minimum atomic E-state index is -5.97. The molecular weight excluding hydrogens is 373 g/mol. The smallest absolute Gasteiger partial charge is 0.277 e. The van der Waals surface area contributed by atoms with Crippen molar-refractivity contribution in [3.05, 3.63) is 0 Å². The van der Waals surface area contributed by atoms with Gasteiger partial charge in [0.1, 0.15) is 0 Å². The summed E-state index contributed by atoms with van der Waals surface area (Å²) in [4.78, 5) is 42.5. The molecule has 0 aromatic rings. The first-order chi connectivity index (χ1) is 9.30. The zero-order valence-electron chi connectivity index (χ0n) is 10.4. The van der Waals surface area contributed by atoms with E-state index in [1.807, 2.05) is 0 Å². The van der Waals surface area contributed by atoms with Gasteiger partial charge in [-0.05, 0) is 6.92 Å². The molecule has 0 amide bonds. The van der Waals surface area contributed by atoms with Crippen molar-refractivity contribution in [2.45, 2.75) is 31.7 Å². The number of rotatable bonds is 7. The second-order valence-electron chi connectivity index (χ2n) is 4.09. The predicted molar refractivity (Wildman–Crippen MR) is 62.4 cm³/mol. The molecule has 0 aromatic heterocycles. The van der Waals surface area contributed by atoms with Crippen LogP contribution in [0.2, 0.25) is 0 Å². The van der Waals surface area contributed by atoms with Gasteiger partial charge in [-0.15, -0.1) is 0 Å².